The predicted octanol–water partition coefficient (Wildman–Crippen LogP) is 1.60. The topological polar surface area (TPSA) is 58.4 Å². The maximum Gasteiger partial charge on any atom is 0.217 e. The van der Waals surface area contributed by atoms with Gasteiger partial charge in [0.15, 0.2) is 0 Å². The summed E-state index contributed by atoms with van der Waals surface area (Å²) in [5, 5.41) is 3.01. The van der Waals surface area contributed by atoms with Crippen molar-refractivity contribution in [2.75, 3.05) is 19.6 Å². The number of rotatable bonds is 4. The van der Waals surface area contributed by atoms with Gasteiger partial charge in [-0.15, -0.1) is 0 Å². The Balaban J connectivity index is 1.96. The van der Waals surface area contributed by atoms with E-state index < -0.39 is 0 Å². The molecule has 1 aromatic rings. The van der Waals surface area contributed by atoms with Gasteiger partial charge in [-0.25, -0.2) is 0 Å². The zero-order valence-corrected chi connectivity index (χ0v) is 12.4. The van der Waals surface area contributed by atoms with Crippen LogP contribution in [0.1, 0.15) is 36.9 Å². The summed E-state index contributed by atoms with van der Waals surface area (Å²) in [6.45, 7) is 6.29. The smallest absolute Gasteiger partial charge is 0.217 e. The Bertz CT molecular complexity index is 436. The minimum Gasteiger partial charge on any atom is -0.354 e. The monoisotopic (exact) mass is 275 g/mol. The molecule has 20 heavy (non-hydrogen) atoms. The molecule has 4 heteroatoms. The van der Waals surface area contributed by atoms with Crippen molar-refractivity contribution in [3.05, 3.63) is 35.4 Å². The molecule has 3 N–H and O–H groups in total. The highest BCUT2D eigenvalue weighted by Crippen LogP contribution is 2.24. The van der Waals surface area contributed by atoms with Gasteiger partial charge in [0, 0.05) is 38.6 Å². The molecule has 1 atom stereocenters. The molecular formula is C16H25N3O. The third kappa shape index (κ3) is 3.81. The van der Waals surface area contributed by atoms with Crippen LogP contribution in [0.4, 0.5) is 0 Å². The van der Waals surface area contributed by atoms with Crippen LogP contribution in [0.25, 0.3) is 0 Å². The highest BCUT2D eigenvalue weighted by atomic mass is 16.1. The number of carbonyl (C=O) groups excluding carboxylic acids is 1. The van der Waals surface area contributed by atoms with Gasteiger partial charge in [0.25, 0.3) is 0 Å². The highest BCUT2D eigenvalue weighted by Gasteiger charge is 2.25. The first-order valence-corrected chi connectivity index (χ1v) is 7.38. The van der Waals surface area contributed by atoms with E-state index in [0.29, 0.717) is 12.6 Å². The van der Waals surface area contributed by atoms with Crippen molar-refractivity contribution >= 4 is 5.91 Å². The summed E-state index contributed by atoms with van der Waals surface area (Å²) in [7, 11) is 0. The maximum atomic E-state index is 11.1. The summed E-state index contributed by atoms with van der Waals surface area (Å²) in [5.74, 6) is 0.0670. The van der Waals surface area contributed by atoms with Gasteiger partial charge in [0.1, 0.15) is 0 Å². The Morgan fingerprint density at radius 3 is 2.45 bits per heavy atom. The van der Waals surface area contributed by atoms with E-state index in [1.807, 2.05) is 0 Å². The number of hydrogen-bond donors (Lipinski definition) is 2. The molecule has 0 aromatic heterocycles. The predicted molar refractivity (Wildman–Crippen MR) is 81.4 cm³/mol. The third-order valence-electron chi connectivity index (χ3n) is 4.06. The van der Waals surface area contributed by atoms with Crippen LogP contribution in [0.3, 0.4) is 0 Å². The fourth-order valence-electron chi connectivity index (χ4n) is 2.93. The van der Waals surface area contributed by atoms with Gasteiger partial charge in [-0.2, -0.15) is 0 Å². The summed E-state index contributed by atoms with van der Waals surface area (Å²) in [6.07, 6.45) is 2.00. The first-order chi connectivity index (χ1) is 9.60. The molecule has 1 aliphatic heterocycles. The van der Waals surface area contributed by atoms with Crippen LogP contribution in [0.5, 0.6) is 0 Å². The lowest BCUT2D eigenvalue weighted by molar-refractivity contribution is -0.120. The van der Waals surface area contributed by atoms with Gasteiger partial charge < -0.3 is 11.1 Å². The van der Waals surface area contributed by atoms with Gasteiger partial charge in [0.05, 0.1) is 0 Å². The van der Waals surface area contributed by atoms with Gasteiger partial charge in [-0.1, -0.05) is 29.8 Å². The minimum atomic E-state index is 0.0670. The fourth-order valence-corrected chi connectivity index (χ4v) is 2.93. The number of nitrogens with zero attached hydrogens (tertiary/aromatic N) is 1. The molecule has 1 unspecified atom stereocenters. The van der Waals surface area contributed by atoms with Crippen molar-refractivity contribution < 1.29 is 4.79 Å². The fraction of sp³-hybridized carbons (Fsp3) is 0.562. The van der Waals surface area contributed by atoms with Crippen LogP contribution in [-0.4, -0.2) is 36.5 Å². The van der Waals surface area contributed by atoms with E-state index in [4.69, 9.17) is 5.73 Å². The molecule has 0 saturated carbocycles. The normalized spacial score (nSPS) is 18.8. The number of benzene rings is 1. The van der Waals surface area contributed by atoms with Crippen molar-refractivity contribution in [3.63, 3.8) is 0 Å². The maximum absolute atomic E-state index is 11.1. The average molecular weight is 275 g/mol. The number of nitrogens with one attached hydrogen (secondary N) is 1. The molecule has 110 valence electrons. The number of carbonyl (C=O) groups is 1. The van der Waals surface area contributed by atoms with Crippen LogP contribution in [-0.2, 0) is 4.79 Å². The highest BCUT2D eigenvalue weighted by molar-refractivity contribution is 5.73. The first kappa shape index (κ1) is 15.0. The van der Waals surface area contributed by atoms with E-state index >= 15 is 0 Å². The lowest BCUT2D eigenvalue weighted by Gasteiger charge is -2.37. The molecule has 0 spiro atoms. The molecule has 1 heterocycles. The van der Waals surface area contributed by atoms with Crippen LogP contribution in [0, 0.1) is 6.92 Å². The summed E-state index contributed by atoms with van der Waals surface area (Å²) in [6, 6.07) is 9.23. The second-order valence-electron chi connectivity index (χ2n) is 5.67. The molecule has 0 bridgehead atoms. The largest absolute Gasteiger partial charge is 0.354 e. The molecule has 1 aliphatic rings. The second-order valence-corrected chi connectivity index (χ2v) is 5.67. The Hall–Kier alpha value is -1.39. The number of aryl methyl sites for hydroxylation is 1. The molecule has 1 aromatic carbocycles. The third-order valence-corrected chi connectivity index (χ3v) is 4.06. The number of amides is 1. The van der Waals surface area contributed by atoms with Crippen molar-refractivity contribution in [2.45, 2.75) is 38.8 Å². The second kappa shape index (κ2) is 6.86. The van der Waals surface area contributed by atoms with E-state index in [0.717, 1.165) is 25.9 Å². The Morgan fingerprint density at radius 1 is 1.35 bits per heavy atom. The van der Waals surface area contributed by atoms with Crippen molar-refractivity contribution in [3.8, 4) is 0 Å². The van der Waals surface area contributed by atoms with Crippen LogP contribution in [0.2, 0.25) is 0 Å². The van der Waals surface area contributed by atoms with E-state index in [9.17, 15) is 4.79 Å². The van der Waals surface area contributed by atoms with Crippen LogP contribution in [0.15, 0.2) is 24.3 Å². The molecular weight excluding hydrogens is 250 g/mol. The lowest BCUT2D eigenvalue weighted by Crippen LogP contribution is -2.46. The molecule has 2 rings (SSSR count). The van der Waals surface area contributed by atoms with E-state index in [1.165, 1.54) is 11.1 Å². The lowest BCUT2D eigenvalue weighted by atomic mass is 9.98. The molecule has 4 nitrogen and oxygen atoms in total. The van der Waals surface area contributed by atoms with Gasteiger partial charge in [0.2, 0.25) is 5.91 Å². The summed E-state index contributed by atoms with van der Waals surface area (Å²) < 4.78 is 0. The molecule has 0 radical (unpaired) electrons. The number of hydrogen-bond acceptors (Lipinski definition) is 3. The minimum absolute atomic E-state index is 0.0670. The average Bonchev–Trinajstić information content (AvgIpc) is 2.43. The van der Waals surface area contributed by atoms with E-state index in [2.05, 4.69) is 41.4 Å². The van der Waals surface area contributed by atoms with Crippen LogP contribution < -0.4 is 11.1 Å². The molecule has 1 saturated heterocycles. The Kier molecular flexibility index (Phi) is 5.15. The van der Waals surface area contributed by atoms with Gasteiger partial charge in [-0.3, -0.25) is 9.69 Å². The van der Waals surface area contributed by atoms with E-state index in [1.54, 1.807) is 6.92 Å². The van der Waals surface area contributed by atoms with Crippen molar-refractivity contribution in [1.82, 2.24) is 10.2 Å². The standard InChI is InChI=1S/C16H25N3O/c1-12-3-5-14(6-4-12)16(11-17)19-9-7-15(8-10-19)18-13(2)20/h3-6,15-16H,7-11,17H2,1-2H3,(H,18,20). The molecule has 0 aliphatic carbocycles. The summed E-state index contributed by atoms with van der Waals surface area (Å²) in [4.78, 5) is 13.5. The van der Waals surface area contributed by atoms with Crippen molar-refractivity contribution in [2.24, 2.45) is 5.73 Å². The Labute approximate surface area is 121 Å². The first-order valence-electron chi connectivity index (χ1n) is 7.38. The summed E-state index contributed by atoms with van der Waals surface area (Å²) in [5.41, 5.74) is 8.54. The SMILES string of the molecule is CC(=O)NC1CCN(C(CN)c2ccc(C)cc2)CC1. The Morgan fingerprint density at radius 2 is 1.95 bits per heavy atom. The summed E-state index contributed by atoms with van der Waals surface area (Å²) >= 11 is 0. The molecule has 1 fully saturated rings. The van der Waals surface area contributed by atoms with Crippen molar-refractivity contribution in [1.29, 1.82) is 0 Å². The zero-order chi connectivity index (χ0) is 14.5. The van der Waals surface area contributed by atoms with Gasteiger partial charge >= 0.3 is 0 Å². The van der Waals surface area contributed by atoms with Gasteiger partial charge in [-0.05, 0) is 25.3 Å². The van der Waals surface area contributed by atoms with Crippen LogP contribution >= 0.6 is 0 Å². The number of likely N-dealkylation sites (tertiary alicyclic amines) is 1. The molecule has 1 amide bonds. The zero-order valence-electron chi connectivity index (χ0n) is 12.4. The number of piperidine rings is 1. The number of nitrogens with two attached hydrogens (primary N) is 1. The van der Waals surface area contributed by atoms with E-state index in [-0.39, 0.29) is 11.9 Å². The quantitative estimate of drug-likeness (QED) is 0.877.